The number of fused-ring (bicyclic) bond motifs is 2. The largest absolute Gasteiger partial charge is 0.438 e. The molecule has 26 heavy (non-hydrogen) atoms. The van der Waals surface area contributed by atoms with Gasteiger partial charge in [0.15, 0.2) is 11.2 Å². The van der Waals surface area contributed by atoms with Gasteiger partial charge in [-0.15, -0.1) is 0 Å². The first kappa shape index (κ1) is 15.9. The standard InChI is InChI=1S/C20H22N4O2/c1-2-5-15(6-3-1)17-14-25-13-16-11-23(9-10-24(16)17)12-19-22-20-18(26-19)7-4-8-21-20/h1-8,16-17H,9-14H2/t16-,17-/m1/s1. The number of rotatable bonds is 3. The molecule has 0 unspecified atom stereocenters. The van der Waals surface area contributed by atoms with E-state index in [9.17, 15) is 0 Å². The van der Waals surface area contributed by atoms with E-state index in [1.807, 2.05) is 12.1 Å². The molecular formula is C20H22N4O2. The molecule has 3 aromatic rings. The van der Waals surface area contributed by atoms with E-state index < -0.39 is 0 Å². The number of nitrogens with zero attached hydrogens (tertiary/aromatic N) is 4. The van der Waals surface area contributed by atoms with Crippen LogP contribution in [0.1, 0.15) is 17.5 Å². The van der Waals surface area contributed by atoms with Crippen LogP contribution in [0.5, 0.6) is 0 Å². The lowest BCUT2D eigenvalue weighted by molar-refractivity contribution is -0.0844. The Hall–Kier alpha value is -2.28. The third-order valence-electron chi connectivity index (χ3n) is 5.35. The van der Waals surface area contributed by atoms with Gasteiger partial charge in [-0.1, -0.05) is 30.3 Å². The van der Waals surface area contributed by atoms with E-state index in [2.05, 4.69) is 50.1 Å². The molecule has 0 amide bonds. The third-order valence-corrected chi connectivity index (χ3v) is 5.35. The molecule has 0 bridgehead atoms. The van der Waals surface area contributed by atoms with Crippen LogP contribution in [-0.2, 0) is 11.3 Å². The fourth-order valence-corrected chi connectivity index (χ4v) is 4.08. The number of ether oxygens (including phenoxy) is 1. The SMILES string of the molecule is c1ccc([C@H]2COC[C@H]3CN(Cc4nc5ncccc5o4)CCN32)cc1. The molecule has 0 aliphatic carbocycles. The fraction of sp³-hybridized carbons (Fsp3) is 0.400. The molecule has 5 rings (SSSR count). The van der Waals surface area contributed by atoms with Crippen LogP contribution in [-0.4, -0.2) is 58.7 Å². The molecule has 2 aliphatic heterocycles. The Bertz CT molecular complexity index is 849. The van der Waals surface area contributed by atoms with Gasteiger partial charge in [-0.25, -0.2) is 4.98 Å². The number of oxazole rings is 1. The van der Waals surface area contributed by atoms with Crippen LogP contribution >= 0.6 is 0 Å². The quantitative estimate of drug-likeness (QED) is 0.723. The summed E-state index contributed by atoms with van der Waals surface area (Å²) in [5.41, 5.74) is 2.79. The highest BCUT2D eigenvalue weighted by Crippen LogP contribution is 2.30. The van der Waals surface area contributed by atoms with Crippen LogP contribution in [0.15, 0.2) is 53.1 Å². The highest BCUT2D eigenvalue weighted by molar-refractivity contribution is 5.66. The second-order valence-corrected chi connectivity index (χ2v) is 7.02. The minimum absolute atomic E-state index is 0.352. The molecule has 6 heteroatoms. The molecule has 1 aromatic carbocycles. The molecule has 0 N–H and O–H groups in total. The second kappa shape index (κ2) is 6.79. The first-order valence-electron chi connectivity index (χ1n) is 9.18. The lowest BCUT2D eigenvalue weighted by Gasteiger charge is -2.47. The molecule has 0 radical (unpaired) electrons. The fourth-order valence-electron chi connectivity index (χ4n) is 4.08. The zero-order valence-electron chi connectivity index (χ0n) is 14.6. The van der Waals surface area contributed by atoms with Crippen molar-refractivity contribution in [2.75, 3.05) is 32.8 Å². The van der Waals surface area contributed by atoms with Gasteiger partial charge in [0, 0.05) is 31.9 Å². The average molecular weight is 350 g/mol. The van der Waals surface area contributed by atoms with E-state index in [1.54, 1.807) is 6.20 Å². The maximum absolute atomic E-state index is 5.94. The number of benzene rings is 1. The van der Waals surface area contributed by atoms with Crippen molar-refractivity contribution in [1.82, 2.24) is 19.8 Å². The summed E-state index contributed by atoms with van der Waals surface area (Å²) >= 11 is 0. The van der Waals surface area contributed by atoms with Crippen LogP contribution in [0.2, 0.25) is 0 Å². The Labute approximate surface area is 152 Å². The molecule has 2 atom stereocenters. The van der Waals surface area contributed by atoms with Gasteiger partial charge in [0.25, 0.3) is 0 Å². The van der Waals surface area contributed by atoms with Gasteiger partial charge < -0.3 is 9.15 Å². The van der Waals surface area contributed by atoms with Crippen molar-refractivity contribution in [3.63, 3.8) is 0 Å². The summed E-state index contributed by atoms with van der Waals surface area (Å²) < 4.78 is 11.8. The minimum atomic E-state index is 0.352. The summed E-state index contributed by atoms with van der Waals surface area (Å²) in [6.45, 7) is 5.29. The van der Waals surface area contributed by atoms with Crippen LogP contribution < -0.4 is 0 Å². The zero-order chi connectivity index (χ0) is 17.3. The van der Waals surface area contributed by atoms with E-state index in [4.69, 9.17) is 9.15 Å². The Morgan fingerprint density at radius 3 is 2.85 bits per heavy atom. The van der Waals surface area contributed by atoms with Gasteiger partial charge in [0.2, 0.25) is 5.89 Å². The molecule has 2 aliphatic rings. The van der Waals surface area contributed by atoms with Gasteiger partial charge >= 0.3 is 0 Å². The number of hydrogen-bond donors (Lipinski definition) is 0. The van der Waals surface area contributed by atoms with Gasteiger partial charge in [-0.05, 0) is 17.7 Å². The summed E-state index contributed by atoms with van der Waals surface area (Å²) in [5.74, 6) is 0.739. The molecule has 134 valence electrons. The Morgan fingerprint density at radius 2 is 1.96 bits per heavy atom. The Morgan fingerprint density at radius 1 is 1.04 bits per heavy atom. The van der Waals surface area contributed by atoms with Crippen molar-refractivity contribution in [2.45, 2.75) is 18.6 Å². The van der Waals surface area contributed by atoms with Crippen LogP contribution in [0, 0.1) is 0 Å². The predicted molar refractivity (Wildman–Crippen MR) is 97.6 cm³/mol. The predicted octanol–water partition coefficient (Wildman–Crippen LogP) is 2.48. The number of pyridine rings is 1. The molecule has 0 saturated carbocycles. The monoisotopic (exact) mass is 350 g/mol. The number of aromatic nitrogens is 2. The van der Waals surface area contributed by atoms with Gasteiger partial charge in [0.1, 0.15) is 0 Å². The number of hydrogen-bond acceptors (Lipinski definition) is 6. The second-order valence-electron chi connectivity index (χ2n) is 7.02. The zero-order valence-corrected chi connectivity index (χ0v) is 14.6. The van der Waals surface area contributed by atoms with E-state index in [-0.39, 0.29) is 0 Å². The lowest BCUT2D eigenvalue weighted by atomic mass is 10.0. The van der Waals surface area contributed by atoms with Gasteiger partial charge in [0.05, 0.1) is 25.8 Å². The van der Waals surface area contributed by atoms with E-state index in [1.165, 1.54) is 5.56 Å². The number of piperazine rings is 1. The van der Waals surface area contributed by atoms with Crippen molar-refractivity contribution in [1.29, 1.82) is 0 Å². The van der Waals surface area contributed by atoms with Crippen molar-refractivity contribution in [2.24, 2.45) is 0 Å². The summed E-state index contributed by atoms with van der Waals surface area (Å²) in [6, 6.07) is 15.2. The van der Waals surface area contributed by atoms with Crippen LogP contribution in [0.3, 0.4) is 0 Å². The molecule has 4 heterocycles. The normalized spacial score (nSPS) is 24.6. The highest BCUT2D eigenvalue weighted by atomic mass is 16.5. The summed E-state index contributed by atoms with van der Waals surface area (Å²) in [5, 5.41) is 0. The highest BCUT2D eigenvalue weighted by Gasteiger charge is 2.36. The molecule has 2 saturated heterocycles. The minimum Gasteiger partial charge on any atom is -0.438 e. The Kier molecular flexibility index (Phi) is 4.16. The van der Waals surface area contributed by atoms with Crippen LogP contribution in [0.25, 0.3) is 11.2 Å². The topological polar surface area (TPSA) is 54.6 Å². The summed E-state index contributed by atoms with van der Waals surface area (Å²) in [7, 11) is 0. The maximum Gasteiger partial charge on any atom is 0.211 e. The number of morpholine rings is 1. The van der Waals surface area contributed by atoms with Crippen LogP contribution in [0.4, 0.5) is 0 Å². The first-order chi connectivity index (χ1) is 12.9. The Balaban J connectivity index is 1.29. The van der Waals surface area contributed by atoms with E-state index in [0.29, 0.717) is 17.7 Å². The van der Waals surface area contributed by atoms with Gasteiger partial charge in [-0.3, -0.25) is 9.80 Å². The summed E-state index contributed by atoms with van der Waals surface area (Å²) in [4.78, 5) is 13.8. The van der Waals surface area contributed by atoms with Crippen molar-refractivity contribution >= 4 is 11.2 Å². The van der Waals surface area contributed by atoms with E-state index in [0.717, 1.165) is 50.9 Å². The maximum atomic E-state index is 5.94. The van der Waals surface area contributed by atoms with E-state index >= 15 is 0 Å². The lowest BCUT2D eigenvalue weighted by Crippen LogP contribution is -2.58. The van der Waals surface area contributed by atoms with Gasteiger partial charge in [-0.2, -0.15) is 4.98 Å². The molecular weight excluding hydrogens is 328 g/mol. The van der Waals surface area contributed by atoms with Crippen molar-refractivity contribution in [3.8, 4) is 0 Å². The molecule has 2 aromatic heterocycles. The molecule has 2 fully saturated rings. The smallest absolute Gasteiger partial charge is 0.211 e. The van der Waals surface area contributed by atoms with Crippen molar-refractivity contribution < 1.29 is 9.15 Å². The third kappa shape index (κ3) is 3.00. The first-order valence-corrected chi connectivity index (χ1v) is 9.18. The molecule has 0 spiro atoms. The molecule has 6 nitrogen and oxygen atoms in total. The summed E-state index contributed by atoms with van der Waals surface area (Å²) in [6.07, 6.45) is 1.75. The average Bonchev–Trinajstić information content (AvgIpc) is 3.10. The van der Waals surface area contributed by atoms with Crippen molar-refractivity contribution in [3.05, 3.63) is 60.1 Å².